The smallest absolute Gasteiger partial charge is 0.0562 e. The first-order chi connectivity index (χ1) is 6.37. The summed E-state index contributed by atoms with van der Waals surface area (Å²) in [7, 11) is 0. The summed E-state index contributed by atoms with van der Waals surface area (Å²) < 4.78 is 5.50. The molecule has 0 bridgehead atoms. The van der Waals surface area contributed by atoms with Crippen LogP contribution in [0.5, 0.6) is 0 Å². The standard InChI is InChI=1S/C12H15O/c1-2-13-10-12(8-9-12)11-6-4-3-5-7-11/h4-7H,2,8-10H2,1H3. The van der Waals surface area contributed by atoms with E-state index in [2.05, 4.69) is 25.1 Å². The molecule has 1 aromatic rings. The average Bonchev–Trinajstić information content (AvgIpc) is 2.97. The van der Waals surface area contributed by atoms with Crippen LogP contribution in [0.15, 0.2) is 24.3 Å². The zero-order valence-corrected chi connectivity index (χ0v) is 8.05. The predicted octanol–water partition coefficient (Wildman–Crippen LogP) is 2.55. The number of benzene rings is 1. The van der Waals surface area contributed by atoms with E-state index in [1.807, 2.05) is 12.1 Å². The fourth-order valence-electron chi connectivity index (χ4n) is 1.71. The molecular weight excluding hydrogens is 160 g/mol. The first-order valence-corrected chi connectivity index (χ1v) is 4.92. The van der Waals surface area contributed by atoms with Crippen molar-refractivity contribution in [3.63, 3.8) is 0 Å². The van der Waals surface area contributed by atoms with Crippen LogP contribution in [0, 0.1) is 6.07 Å². The highest BCUT2D eigenvalue weighted by Crippen LogP contribution is 2.48. The van der Waals surface area contributed by atoms with E-state index >= 15 is 0 Å². The summed E-state index contributed by atoms with van der Waals surface area (Å²) in [4.78, 5) is 0. The van der Waals surface area contributed by atoms with Gasteiger partial charge in [0, 0.05) is 12.0 Å². The Morgan fingerprint density at radius 1 is 1.38 bits per heavy atom. The van der Waals surface area contributed by atoms with Crippen LogP contribution in [0.3, 0.4) is 0 Å². The number of rotatable bonds is 4. The minimum absolute atomic E-state index is 0.352. The van der Waals surface area contributed by atoms with Gasteiger partial charge in [0.2, 0.25) is 0 Å². The summed E-state index contributed by atoms with van der Waals surface area (Å²) in [5, 5.41) is 0. The van der Waals surface area contributed by atoms with Crippen LogP contribution in [0.2, 0.25) is 0 Å². The summed E-state index contributed by atoms with van der Waals surface area (Å²) in [6.07, 6.45) is 2.55. The molecule has 0 spiro atoms. The van der Waals surface area contributed by atoms with Crippen molar-refractivity contribution in [1.82, 2.24) is 0 Å². The lowest BCUT2D eigenvalue weighted by Crippen LogP contribution is -2.14. The molecule has 1 fully saturated rings. The molecule has 0 aliphatic heterocycles. The highest BCUT2D eigenvalue weighted by atomic mass is 16.5. The van der Waals surface area contributed by atoms with E-state index in [4.69, 9.17) is 4.74 Å². The van der Waals surface area contributed by atoms with Crippen molar-refractivity contribution in [3.05, 3.63) is 35.9 Å². The molecule has 2 rings (SSSR count). The van der Waals surface area contributed by atoms with Crippen molar-refractivity contribution in [2.45, 2.75) is 25.2 Å². The number of hydrogen-bond acceptors (Lipinski definition) is 1. The molecule has 1 saturated carbocycles. The van der Waals surface area contributed by atoms with Crippen molar-refractivity contribution in [3.8, 4) is 0 Å². The first-order valence-electron chi connectivity index (χ1n) is 4.92. The predicted molar refractivity (Wildman–Crippen MR) is 52.7 cm³/mol. The third kappa shape index (κ3) is 1.75. The topological polar surface area (TPSA) is 9.23 Å². The van der Waals surface area contributed by atoms with Gasteiger partial charge in [0.25, 0.3) is 0 Å². The van der Waals surface area contributed by atoms with Crippen molar-refractivity contribution < 1.29 is 4.74 Å². The largest absolute Gasteiger partial charge is 0.381 e. The molecule has 1 aliphatic rings. The van der Waals surface area contributed by atoms with E-state index in [1.54, 1.807) is 0 Å². The van der Waals surface area contributed by atoms with Gasteiger partial charge in [0.15, 0.2) is 0 Å². The highest BCUT2D eigenvalue weighted by Gasteiger charge is 2.44. The molecule has 1 nitrogen and oxygen atoms in total. The van der Waals surface area contributed by atoms with E-state index in [0.29, 0.717) is 5.41 Å². The summed E-state index contributed by atoms with van der Waals surface area (Å²) in [6.45, 7) is 3.75. The Bertz CT molecular complexity index is 262. The van der Waals surface area contributed by atoms with Gasteiger partial charge in [-0.05, 0) is 31.4 Å². The average molecular weight is 175 g/mol. The van der Waals surface area contributed by atoms with E-state index in [0.717, 1.165) is 13.2 Å². The van der Waals surface area contributed by atoms with E-state index in [9.17, 15) is 0 Å². The monoisotopic (exact) mass is 175 g/mol. The maximum Gasteiger partial charge on any atom is 0.0562 e. The first kappa shape index (κ1) is 8.76. The van der Waals surface area contributed by atoms with Crippen LogP contribution in [-0.2, 0) is 10.2 Å². The van der Waals surface area contributed by atoms with Crippen LogP contribution >= 0.6 is 0 Å². The SMILES string of the molecule is CCOCC1(c2cc[c]cc2)CC1. The Morgan fingerprint density at radius 3 is 2.62 bits per heavy atom. The Morgan fingerprint density at radius 2 is 2.08 bits per heavy atom. The van der Waals surface area contributed by atoms with Crippen LogP contribution < -0.4 is 0 Å². The maximum atomic E-state index is 5.50. The van der Waals surface area contributed by atoms with Crippen molar-refractivity contribution >= 4 is 0 Å². The van der Waals surface area contributed by atoms with E-state index in [1.165, 1.54) is 18.4 Å². The normalized spacial score (nSPS) is 18.5. The zero-order chi connectivity index (χ0) is 9.15. The second-order valence-electron chi connectivity index (χ2n) is 3.71. The van der Waals surface area contributed by atoms with Gasteiger partial charge >= 0.3 is 0 Å². The van der Waals surface area contributed by atoms with Gasteiger partial charge in [-0.1, -0.05) is 24.3 Å². The van der Waals surface area contributed by atoms with Gasteiger partial charge in [0.1, 0.15) is 0 Å². The Balaban J connectivity index is 2.07. The molecule has 13 heavy (non-hydrogen) atoms. The summed E-state index contributed by atoms with van der Waals surface area (Å²) in [6, 6.07) is 11.3. The van der Waals surface area contributed by atoms with Gasteiger partial charge in [0.05, 0.1) is 6.61 Å². The van der Waals surface area contributed by atoms with E-state index in [-0.39, 0.29) is 0 Å². The lowest BCUT2D eigenvalue weighted by Gasteiger charge is -2.14. The Kier molecular flexibility index (Phi) is 2.36. The Hall–Kier alpha value is -0.820. The Labute approximate surface area is 79.7 Å². The molecule has 0 unspecified atom stereocenters. The van der Waals surface area contributed by atoms with Gasteiger partial charge in [-0.15, -0.1) is 0 Å². The molecule has 1 aromatic carbocycles. The van der Waals surface area contributed by atoms with E-state index < -0.39 is 0 Å². The molecule has 1 radical (unpaired) electrons. The molecule has 0 N–H and O–H groups in total. The highest BCUT2D eigenvalue weighted by molar-refractivity contribution is 5.30. The molecule has 1 aliphatic carbocycles. The second-order valence-corrected chi connectivity index (χ2v) is 3.71. The maximum absolute atomic E-state index is 5.50. The quantitative estimate of drug-likeness (QED) is 0.683. The van der Waals surface area contributed by atoms with Crippen molar-refractivity contribution in [2.75, 3.05) is 13.2 Å². The molecular formula is C12H15O. The number of hydrogen-bond donors (Lipinski definition) is 0. The van der Waals surface area contributed by atoms with Crippen LogP contribution in [0.1, 0.15) is 25.3 Å². The molecule has 0 amide bonds. The van der Waals surface area contributed by atoms with Gasteiger partial charge in [-0.25, -0.2) is 0 Å². The summed E-state index contributed by atoms with van der Waals surface area (Å²) >= 11 is 0. The second kappa shape index (κ2) is 3.51. The summed E-state index contributed by atoms with van der Waals surface area (Å²) in [5.74, 6) is 0. The van der Waals surface area contributed by atoms with Crippen LogP contribution in [0.4, 0.5) is 0 Å². The van der Waals surface area contributed by atoms with Crippen LogP contribution in [-0.4, -0.2) is 13.2 Å². The molecule has 1 heteroatoms. The molecule has 0 atom stereocenters. The lowest BCUT2D eigenvalue weighted by molar-refractivity contribution is 0.125. The molecule has 0 aromatic heterocycles. The van der Waals surface area contributed by atoms with Crippen molar-refractivity contribution in [2.24, 2.45) is 0 Å². The zero-order valence-electron chi connectivity index (χ0n) is 8.05. The van der Waals surface area contributed by atoms with Crippen LogP contribution in [0.25, 0.3) is 0 Å². The molecule has 0 saturated heterocycles. The lowest BCUT2D eigenvalue weighted by atomic mass is 9.97. The molecule has 0 heterocycles. The minimum atomic E-state index is 0.352. The molecule has 69 valence electrons. The third-order valence-electron chi connectivity index (χ3n) is 2.77. The fraction of sp³-hybridized carbons (Fsp3) is 0.500. The summed E-state index contributed by atoms with van der Waals surface area (Å²) in [5.41, 5.74) is 1.77. The van der Waals surface area contributed by atoms with Gasteiger partial charge in [-0.2, -0.15) is 0 Å². The third-order valence-corrected chi connectivity index (χ3v) is 2.77. The van der Waals surface area contributed by atoms with Gasteiger partial charge < -0.3 is 4.74 Å². The number of ether oxygens (including phenoxy) is 1. The van der Waals surface area contributed by atoms with Gasteiger partial charge in [-0.3, -0.25) is 0 Å². The minimum Gasteiger partial charge on any atom is -0.381 e. The fourth-order valence-corrected chi connectivity index (χ4v) is 1.71. The van der Waals surface area contributed by atoms with Crippen molar-refractivity contribution in [1.29, 1.82) is 0 Å².